The molecule has 0 bridgehead atoms. The van der Waals surface area contributed by atoms with Gasteiger partial charge in [-0.1, -0.05) is 19.3 Å². The molecule has 1 amide bonds. The van der Waals surface area contributed by atoms with E-state index in [1.54, 1.807) is 0 Å². The van der Waals surface area contributed by atoms with E-state index < -0.39 is 0 Å². The zero-order valence-corrected chi connectivity index (χ0v) is 13.3. The van der Waals surface area contributed by atoms with Gasteiger partial charge in [0.15, 0.2) is 0 Å². The summed E-state index contributed by atoms with van der Waals surface area (Å²) in [6.07, 6.45) is 6.63. The van der Waals surface area contributed by atoms with E-state index >= 15 is 0 Å². The molecule has 0 aromatic heterocycles. The lowest BCUT2D eigenvalue weighted by Gasteiger charge is -2.50. The molecule has 1 unspecified atom stereocenters. The molecule has 5 heteroatoms. The van der Waals surface area contributed by atoms with Crippen LogP contribution in [0.15, 0.2) is 0 Å². The molecule has 2 saturated heterocycles. The molecule has 1 aliphatic carbocycles. The van der Waals surface area contributed by atoms with Crippen molar-refractivity contribution < 1.29 is 9.53 Å². The molecule has 3 rings (SSSR count). The summed E-state index contributed by atoms with van der Waals surface area (Å²) in [5, 5.41) is 3.55. The molecule has 21 heavy (non-hydrogen) atoms. The number of nitrogens with zero attached hydrogens (tertiary/aromatic N) is 2. The molecule has 2 heterocycles. The molecule has 0 aromatic rings. The van der Waals surface area contributed by atoms with Crippen molar-refractivity contribution in [2.45, 2.75) is 50.7 Å². The van der Waals surface area contributed by atoms with Crippen LogP contribution in [0.3, 0.4) is 0 Å². The van der Waals surface area contributed by atoms with Gasteiger partial charge in [-0.2, -0.15) is 0 Å². The van der Waals surface area contributed by atoms with Gasteiger partial charge in [-0.3, -0.25) is 9.69 Å². The highest BCUT2D eigenvalue weighted by Crippen LogP contribution is 2.34. The van der Waals surface area contributed by atoms with Gasteiger partial charge >= 0.3 is 0 Å². The van der Waals surface area contributed by atoms with E-state index in [0.29, 0.717) is 13.2 Å². The molecule has 1 N–H and O–H groups in total. The molecule has 2 aliphatic heterocycles. The number of amides is 1. The third-order valence-corrected chi connectivity index (χ3v) is 5.39. The van der Waals surface area contributed by atoms with Crippen LogP contribution in [-0.2, 0) is 9.53 Å². The summed E-state index contributed by atoms with van der Waals surface area (Å²) in [5.74, 6) is 0.289. The number of carbonyl (C=O) groups excluding carboxylic acids is 1. The Morgan fingerprint density at radius 2 is 2.10 bits per heavy atom. The average molecular weight is 295 g/mol. The van der Waals surface area contributed by atoms with E-state index in [0.717, 1.165) is 32.7 Å². The second-order valence-corrected chi connectivity index (χ2v) is 6.90. The molecule has 1 spiro atoms. The van der Waals surface area contributed by atoms with Crippen molar-refractivity contribution in [3.63, 3.8) is 0 Å². The first kappa shape index (κ1) is 15.3. The van der Waals surface area contributed by atoms with Gasteiger partial charge in [-0.15, -0.1) is 0 Å². The van der Waals surface area contributed by atoms with Crippen LogP contribution in [0.2, 0.25) is 0 Å². The molecular weight excluding hydrogens is 266 g/mol. The lowest BCUT2D eigenvalue weighted by molar-refractivity contribution is -0.142. The van der Waals surface area contributed by atoms with Gasteiger partial charge in [-0.25, -0.2) is 0 Å². The van der Waals surface area contributed by atoms with Crippen LogP contribution in [0.25, 0.3) is 0 Å². The highest BCUT2D eigenvalue weighted by atomic mass is 16.5. The van der Waals surface area contributed by atoms with Crippen molar-refractivity contribution in [2.24, 2.45) is 0 Å². The number of rotatable bonds is 2. The van der Waals surface area contributed by atoms with Crippen molar-refractivity contribution >= 4 is 5.91 Å². The summed E-state index contributed by atoms with van der Waals surface area (Å²) in [6.45, 7) is 7.89. The number of carbonyl (C=O) groups is 1. The summed E-state index contributed by atoms with van der Waals surface area (Å²) < 4.78 is 5.54. The monoisotopic (exact) mass is 295 g/mol. The van der Waals surface area contributed by atoms with Crippen LogP contribution in [0.4, 0.5) is 0 Å². The Kier molecular flexibility index (Phi) is 4.82. The standard InChI is InChI=1S/C16H29N3O2/c1-14-11-18(9-10-21-14)15(20)12-19-8-7-17-13-16(19)5-3-2-4-6-16/h14,17H,2-13H2,1H3. The summed E-state index contributed by atoms with van der Waals surface area (Å²) in [4.78, 5) is 17.1. The fourth-order valence-electron chi connectivity index (χ4n) is 4.14. The van der Waals surface area contributed by atoms with E-state index in [4.69, 9.17) is 4.74 Å². The lowest BCUT2D eigenvalue weighted by atomic mass is 9.79. The zero-order valence-electron chi connectivity index (χ0n) is 13.3. The van der Waals surface area contributed by atoms with E-state index in [1.165, 1.54) is 32.1 Å². The van der Waals surface area contributed by atoms with Gasteiger partial charge in [0.25, 0.3) is 0 Å². The molecular formula is C16H29N3O2. The summed E-state index contributed by atoms with van der Waals surface area (Å²) >= 11 is 0. The summed E-state index contributed by atoms with van der Waals surface area (Å²) in [6, 6.07) is 0. The minimum absolute atomic E-state index is 0.175. The molecule has 3 fully saturated rings. The molecule has 120 valence electrons. The van der Waals surface area contributed by atoms with Crippen molar-refractivity contribution in [2.75, 3.05) is 45.9 Å². The van der Waals surface area contributed by atoms with Crippen LogP contribution >= 0.6 is 0 Å². The first-order chi connectivity index (χ1) is 10.2. The number of piperazine rings is 1. The summed E-state index contributed by atoms with van der Waals surface area (Å²) in [7, 11) is 0. The van der Waals surface area contributed by atoms with Gasteiger partial charge in [0.2, 0.25) is 5.91 Å². The van der Waals surface area contributed by atoms with E-state index in [-0.39, 0.29) is 17.6 Å². The predicted octanol–water partition coefficient (Wildman–Crippen LogP) is 0.842. The SMILES string of the molecule is CC1CN(C(=O)CN2CCNCC23CCCCC3)CCO1. The molecule has 0 radical (unpaired) electrons. The smallest absolute Gasteiger partial charge is 0.236 e. The van der Waals surface area contributed by atoms with Crippen LogP contribution in [0.1, 0.15) is 39.0 Å². The molecule has 5 nitrogen and oxygen atoms in total. The van der Waals surface area contributed by atoms with E-state index in [9.17, 15) is 4.79 Å². The van der Waals surface area contributed by atoms with Gasteiger partial charge in [0, 0.05) is 38.3 Å². The molecule has 0 aromatic carbocycles. The van der Waals surface area contributed by atoms with Crippen LogP contribution < -0.4 is 5.32 Å². The molecule has 3 aliphatic rings. The normalized spacial score (nSPS) is 30.5. The Labute approximate surface area is 128 Å². The van der Waals surface area contributed by atoms with E-state index in [1.807, 2.05) is 11.8 Å². The number of nitrogens with one attached hydrogen (secondary N) is 1. The molecule has 1 atom stereocenters. The average Bonchev–Trinajstić information content (AvgIpc) is 2.50. The Balaban J connectivity index is 1.62. The fraction of sp³-hybridized carbons (Fsp3) is 0.938. The van der Waals surface area contributed by atoms with Crippen LogP contribution in [-0.4, -0.2) is 73.2 Å². The number of hydrogen-bond acceptors (Lipinski definition) is 4. The van der Waals surface area contributed by atoms with Crippen molar-refractivity contribution in [1.29, 1.82) is 0 Å². The Bertz CT molecular complexity index is 360. The van der Waals surface area contributed by atoms with Gasteiger partial charge in [0.1, 0.15) is 0 Å². The van der Waals surface area contributed by atoms with Crippen LogP contribution in [0.5, 0.6) is 0 Å². The fourth-order valence-corrected chi connectivity index (χ4v) is 4.14. The van der Waals surface area contributed by atoms with Gasteiger partial charge in [0.05, 0.1) is 19.3 Å². The molecule has 1 saturated carbocycles. The number of hydrogen-bond donors (Lipinski definition) is 1. The Morgan fingerprint density at radius 3 is 2.86 bits per heavy atom. The van der Waals surface area contributed by atoms with Gasteiger partial charge < -0.3 is 15.0 Å². The second kappa shape index (κ2) is 6.63. The number of ether oxygens (including phenoxy) is 1. The maximum absolute atomic E-state index is 12.6. The van der Waals surface area contributed by atoms with Crippen LogP contribution in [0, 0.1) is 0 Å². The topological polar surface area (TPSA) is 44.8 Å². The second-order valence-electron chi connectivity index (χ2n) is 6.90. The first-order valence-electron chi connectivity index (χ1n) is 8.55. The largest absolute Gasteiger partial charge is 0.375 e. The van der Waals surface area contributed by atoms with Crippen molar-refractivity contribution in [3.8, 4) is 0 Å². The Morgan fingerprint density at radius 1 is 1.29 bits per heavy atom. The third kappa shape index (κ3) is 3.41. The highest BCUT2D eigenvalue weighted by Gasteiger charge is 2.40. The predicted molar refractivity (Wildman–Crippen MR) is 82.3 cm³/mol. The lowest BCUT2D eigenvalue weighted by Crippen LogP contribution is -2.64. The maximum atomic E-state index is 12.6. The van der Waals surface area contributed by atoms with Gasteiger partial charge in [-0.05, 0) is 19.8 Å². The minimum Gasteiger partial charge on any atom is -0.375 e. The van der Waals surface area contributed by atoms with Crippen molar-refractivity contribution in [3.05, 3.63) is 0 Å². The zero-order chi connectivity index (χ0) is 14.7. The Hall–Kier alpha value is -0.650. The number of morpholine rings is 1. The quantitative estimate of drug-likeness (QED) is 0.820. The van der Waals surface area contributed by atoms with Crippen molar-refractivity contribution in [1.82, 2.24) is 15.1 Å². The highest BCUT2D eigenvalue weighted by molar-refractivity contribution is 5.78. The third-order valence-electron chi connectivity index (χ3n) is 5.39. The first-order valence-corrected chi connectivity index (χ1v) is 8.55. The van der Waals surface area contributed by atoms with E-state index in [2.05, 4.69) is 10.2 Å². The maximum Gasteiger partial charge on any atom is 0.236 e. The summed E-state index contributed by atoms with van der Waals surface area (Å²) in [5.41, 5.74) is 0.240. The minimum atomic E-state index is 0.175.